The highest BCUT2D eigenvalue weighted by molar-refractivity contribution is 7.22. The van der Waals surface area contributed by atoms with Gasteiger partial charge in [0.2, 0.25) is 11.9 Å². The standard InChI is InChI=1S/C31H30N8O2S/c1-2-33-29(41)38-30-37-25-17-20(16-23(26(25)42-30)24-10-6-7-13-34-24)21-18-35-28(36-19-21)39-14-11-31(12-15-39,27(32)40)22-8-4-3-5-9-22/h3-10,13,16-19H,2,11-12,14-15H2,1H3,(H2,32,40)(H2,33,37,38,41). The van der Waals surface area contributed by atoms with Gasteiger partial charge in [-0.2, -0.15) is 0 Å². The summed E-state index contributed by atoms with van der Waals surface area (Å²) in [5.74, 6) is 0.313. The maximum atomic E-state index is 12.6. The normalized spacial score (nSPS) is 14.5. The number of amides is 3. The summed E-state index contributed by atoms with van der Waals surface area (Å²) in [6.45, 7) is 3.62. The van der Waals surface area contributed by atoms with E-state index in [1.807, 2.05) is 61.5 Å². The molecule has 11 heteroatoms. The van der Waals surface area contributed by atoms with Crippen LogP contribution in [0.3, 0.4) is 0 Å². The molecule has 1 aliphatic rings. The number of nitrogens with zero attached hydrogens (tertiary/aromatic N) is 5. The van der Waals surface area contributed by atoms with Gasteiger partial charge in [-0.05, 0) is 55.2 Å². The number of carbonyl (C=O) groups excluding carboxylic acids is 2. The zero-order valence-corrected chi connectivity index (χ0v) is 23.9. The van der Waals surface area contributed by atoms with Gasteiger partial charge in [0.15, 0.2) is 5.13 Å². The van der Waals surface area contributed by atoms with E-state index in [2.05, 4.69) is 31.6 Å². The predicted molar refractivity (Wildman–Crippen MR) is 165 cm³/mol. The van der Waals surface area contributed by atoms with Crippen molar-refractivity contribution in [2.24, 2.45) is 5.73 Å². The zero-order chi connectivity index (χ0) is 29.1. The summed E-state index contributed by atoms with van der Waals surface area (Å²) in [5.41, 5.74) is 10.4. The fraction of sp³-hybridized carbons (Fsp3) is 0.226. The topological polar surface area (TPSA) is 139 Å². The average molecular weight is 579 g/mol. The number of benzene rings is 2. The molecule has 0 aliphatic carbocycles. The smallest absolute Gasteiger partial charge is 0.321 e. The number of primary amides is 1. The van der Waals surface area contributed by atoms with Crippen molar-refractivity contribution in [3.05, 3.63) is 84.8 Å². The SMILES string of the molecule is CCNC(=O)Nc1nc2cc(-c3cnc(N4CCC(C(N)=O)(c5ccccc5)CC4)nc3)cc(-c3ccccn3)c2s1. The van der Waals surface area contributed by atoms with E-state index in [1.54, 1.807) is 18.6 Å². The first-order valence-electron chi connectivity index (χ1n) is 13.8. The molecule has 5 aromatic rings. The van der Waals surface area contributed by atoms with Crippen LogP contribution in [0.5, 0.6) is 0 Å². The number of piperidine rings is 1. The van der Waals surface area contributed by atoms with Gasteiger partial charge >= 0.3 is 6.03 Å². The minimum Gasteiger partial charge on any atom is -0.369 e. The van der Waals surface area contributed by atoms with Crippen molar-refractivity contribution < 1.29 is 9.59 Å². The molecule has 1 aliphatic heterocycles. The summed E-state index contributed by atoms with van der Waals surface area (Å²) in [4.78, 5) is 45.4. The van der Waals surface area contributed by atoms with Crippen LogP contribution in [-0.2, 0) is 10.2 Å². The van der Waals surface area contributed by atoms with Crippen LogP contribution in [0.25, 0.3) is 32.6 Å². The van der Waals surface area contributed by atoms with Crippen LogP contribution in [0.4, 0.5) is 15.9 Å². The molecule has 0 saturated carbocycles. The Hall–Kier alpha value is -4.90. The average Bonchev–Trinajstić information content (AvgIpc) is 3.43. The Morgan fingerprint density at radius 2 is 1.71 bits per heavy atom. The predicted octanol–water partition coefficient (Wildman–Crippen LogP) is 4.98. The molecular weight excluding hydrogens is 548 g/mol. The van der Waals surface area contributed by atoms with Gasteiger partial charge in [0.05, 0.1) is 21.3 Å². The highest BCUT2D eigenvalue weighted by atomic mass is 32.1. The highest BCUT2D eigenvalue weighted by Crippen LogP contribution is 2.39. The molecule has 1 saturated heterocycles. The number of nitrogens with one attached hydrogen (secondary N) is 2. The Kier molecular flexibility index (Phi) is 7.49. The Labute approximate surface area is 247 Å². The van der Waals surface area contributed by atoms with Crippen LogP contribution in [0.15, 0.2) is 79.3 Å². The van der Waals surface area contributed by atoms with Gasteiger partial charge in [0.25, 0.3) is 0 Å². The van der Waals surface area contributed by atoms with E-state index < -0.39 is 5.41 Å². The maximum absolute atomic E-state index is 12.6. The number of carbonyl (C=O) groups is 2. The van der Waals surface area contributed by atoms with Gasteiger partial charge in [-0.25, -0.2) is 19.7 Å². The van der Waals surface area contributed by atoms with E-state index in [1.165, 1.54) is 11.3 Å². The second-order valence-corrected chi connectivity index (χ2v) is 11.2. The number of nitrogens with two attached hydrogens (primary N) is 1. The Morgan fingerprint density at radius 1 is 0.976 bits per heavy atom. The molecule has 2 aromatic carbocycles. The van der Waals surface area contributed by atoms with E-state index in [4.69, 9.17) is 15.7 Å². The minimum absolute atomic E-state index is 0.296. The number of anilines is 2. The third kappa shape index (κ3) is 5.26. The first kappa shape index (κ1) is 27.3. The summed E-state index contributed by atoms with van der Waals surface area (Å²) < 4.78 is 0.923. The number of pyridine rings is 1. The minimum atomic E-state index is -0.687. The number of aromatic nitrogens is 4. The third-order valence-electron chi connectivity index (χ3n) is 7.66. The third-order valence-corrected chi connectivity index (χ3v) is 8.68. The van der Waals surface area contributed by atoms with Gasteiger partial charge in [-0.15, -0.1) is 0 Å². The Bertz CT molecular complexity index is 1720. The number of fused-ring (bicyclic) bond motifs is 1. The molecule has 212 valence electrons. The molecule has 3 aromatic heterocycles. The molecule has 3 amide bonds. The first-order valence-corrected chi connectivity index (χ1v) is 14.6. The molecule has 1 fully saturated rings. The molecule has 4 heterocycles. The number of hydrogen-bond acceptors (Lipinski definition) is 8. The highest BCUT2D eigenvalue weighted by Gasteiger charge is 2.41. The van der Waals surface area contributed by atoms with Crippen molar-refractivity contribution in [2.75, 3.05) is 29.9 Å². The van der Waals surface area contributed by atoms with Crippen molar-refractivity contribution in [2.45, 2.75) is 25.2 Å². The van der Waals surface area contributed by atoms with E-state index in [9.17, 15) is 9.59 Å². The van der Waals surface area contributed by atoms with Crippen molar-refractivity contribution in [3.8, 4) is 22.4 Å². The summed E-state index contributed by atoms with van der Waals surface area (Å²) in [6.07, 6.45) is 6.55. The lowest BCUT2D eigenvalue weighted by molar-refractivity contribution is -0.124. The zero-order valence-electron chi connectivity index (χ0n) is 23.1. The fourth-order valence-corrected chi connectivity index (χ4v) is 6.39. The van der Waals surface area contributed by atoms with Crippen molar-refractivity contribution in [1.82, 2.24) is 25.3 Å². The van der Waals surface area contributed by atoms with Crippen LogP contribution in [0, 0.1) is 0 Å². The Balaban J connectivity index is 1.27. The lowest BCUT2D eigenvalue weighted by Crippen LogP contribution is -2.50. The van der Waals surface area contributed by atoms with Crippen LogP contribution in [0.2, 0.25) is 0 Å². The lowest BCUT2D eigenvalue weighted by Gasteiger charge is -2.40. The number of urea groups is 1. The van der Waals surface area contributed by atoms with Gasteiger partial charge in [-0.3, -0.25) is 15.1 Å². The lowest BCUT2D eigenvalue weighted by atomic mass is 9.72. The van der Waals surface area contributed by atoms with Gasteiger partial charge in [-0.1, -0.05) is 47.7 Å². The summed E-state index contributed by atoms with van der Waals surface area (Å²) in [6, 6.07) is 19.3. The van der Waals surface area contributed by atoms with E-state index in [-0.39, 0.29) is 11.9 Å². The number of rotatable bonds is 7. The van der Waals surface area contributed by atoms with Gasteiger partial charge < -0.3 is 16.0 Å². The van der Waals surface area contributed by atoms with Crippen molar-refractivity contribution in [3.63, 3.8) is 0 Å². The molecule has 0 radical (unpaired) electrons. The second kappa shape index (κ2) is 11.5. The van der Waals surface area contributed by atoms with E-state index in [0.29, 0.717) is 43.6 Å². The molecule has 0 atom stereocenters. The monoisotopic (exact) mass is 578 g/mol. The van der Waals surface area contributed by atoms with Gasteiger partial charge in [0, 0.05) is 49.4 Å². The molecule has 6 rings (SSSR count). The van der Waals surface area contributed by atoms with Crippen molar-refractivity contribution in [1.29, 1.82) is 0 Å². The van der Waals surface area contributed by atoms with E-state index in [0.717, 1.165) is 38.2 Å². The molecule has 0 bridgehead atoms. The summed E-state index contributed by atoms with van der Waals surface area (Å²) in [7, 11) is 0. The van der Waals surface area contributed by atoms with Crippen LogP contribution in [-0.4, -0.2) is 51.5 Å². The van der Waals surface area contributed by atoms with Crippen LogP contribution in [0.1, 0.15) is 25.3 Å². The Morgan fingerprint density at radius 3 is 2.38 bits per heavy atom. The molecule has 0 unspecified atom stereocenters. The quantitative estimate of drug-likeness (QED) is 0.248. The molecule has 10 nitrogen and oxygen atoms in total. The number of hydrogen-bond donors (Lipinski definition) is 3. The molecule has 4 N–H and O–H groups in total. The molecule has 42 heavy (non-hydrogen) atoms. The number of thiazole rings is 1. The second-order valence-electron chi connectivity index (χ2n) is 10.2. The van der Waals surface area contributed by atoms with Crippen LogP contribution >= 0.6 is 11.3 Å². The first-order chi connectivity index (χ1) is 20.5. The largest absolute Gasteiger partial charge is 0.369 e. The van der Waals surface area contributed by atoms with Gasteiger partial charge in [0.1, 0.15) is 0 Å². The molecular formula is C31H30N8O2S. The fourth-order valence-electron chi connectivity index (χ4n) is 5.42. The van der Waals surface area contributed by atoms with Crippen LogP contribution < -0.4 is 21.3 Å². The molecule has 0 spiro atoms. The summed E-state index contributed by atoms with van der Waals surface area (Å²) >= 11 is 1.40. The van der Waals surface area contributed by atoms with Crippen molar-refractivity contribution >= 4 is 44.6 Å². The maximum Gasteiger partial charge on any atom is 0.321 e. The summed E-state index contributed by atoms with van der Waals surface area (Å²) in [5, 5.41) is 6.05. The van der Waals surface area contributed by atoms with E-state index >= 15 is 0 Å².